The fourth-order valence-corrected chi connectivity index (χ4v) is 2.65. The predicted molar refractivity (Wildman–Crippen MR) is 99.7 cm³/mol. The van der Waals surface area contributed by atoms with Gasteiger partial charge < -0.3 is 9.80 Å². The monoisotopic (exact) mass is 338 g/mol. The van der Waals surface area contributed by atoms with Crippen LogP contribution >= 0.6 is 0 Å². The number of benzene rings is 2. The van der Waals surface area contributed by atoms with Gasteiger partial charge in [-0.1, -0.05) is 60.7 Å². The Balaban J connectivity index is 1.96. The lowest BCUT2D eigenvalue weighted by Gasteiger charge is -2.28. The Morgan fingerprint density at radius 2 is 1.28 bits per heavy atom. The normalized spacial score (nSPS) is 10.6. The first kappa shape index (κ1) is 18.7. The molecule has 0 aliphatic carbocycles. The Hall–Kier alpha value is -2.62. The van der Waals surface area contributed by atoms with Crippen LogP contribution in [0.3, 0.4) is 0 Å². The van der Waals surface area contributed by atoms with Crippen LogP contribution in [0.1, 0.15) is 31.4 Å². The Labute approximate surface area is 150 Å². The van der Waals surface area contributed by atoms with Crippen molar-refractivity contribution >= 4 is 11.8 Å². The minimum Gasteiger partial charge on any atom is -0.341 e. The summed E-state index contributed by atoms with van der Waals surface area (Å²) in [6.45, 7) is 4.97. The molecule has 0 aliphatic heterocycles. The molecule has 0 aromatic heterocycles. The van der Waals surface area contributed by atoms with Crippen molar-refractivity contribution in [2.75, 3.05) is 7.05 Å². The van der Waals surface area contributed by atoms with Crippen molar-refractivity contribution in [2.24, 2.45) is 0 Å². The standard InChI is InChI=1S/C21H26N2O2/c1-17(2)23(16-19-12-8-5-9-13-19)21(25)14-20(24)22(3)15-18-10-6-4-7-11-18/h4-13,17H,14-16H2,1-3H3. The molecule has 0 N–H and O–H groups in total. The molecule has 2 rings (SSSR count). The summed E-state index contributed by atoms with van der Waals surface area (Å²) in [5.74, 6) is -0.295. The molecule has 2 aromatic carbocycles. The first-order valence-electron chi connectivity index (χ1n) is 8.58. The summed E-state index contributed by atoms with van der Waals surface area (Å²) in [6.07, 6.45) is -0.103. The van der Waals surface area contributed by atoms with Crippen molar-refractivity contribution in [3.05, 3.63) is 71.8 Å². The first-order valence-corrected chi connectivity index (χ1v) is 8.58. The van der Waals surface area contributed by atoms with Gasteiger partial charge in [-0.2, -0.15) is 0 Å². The summed E-state index contributed by atoms with van der Waals surface area (Å²) in [6, 6.07) is 19.7. The maximum atomic E-state index is 12.6. The van der Waals surface area contributed by atoms with Gasteiger partial charge >= 0.3 is 0 Å². The van der Waals surface area contributed by atoms with Crippen LogP contribution in [0.15, 0.2) is 60.7 Å². The molecule has 0 heterocycles. The lowest BCUT2D eigenvalue weighted by molar-refractivity contribution is -0.141. The number of rotatable bonds is 7. The third kappa shape index (κ3) is 5.75. The Bertz CT molecular complexity index is 684. The molecular weight excluding hydrogens is 312 g/mol. The zero-order valence-corrected chi connectivity index (χ0v) is 15.2. The second kappa shape index (κ2) is 9.02. The molecule has 0 radical (unpaired) electrons. The molecule has 0 atom stereocenters. The maximum Gasteiger partial charge on any atom is 0.232 e. The van der Waals surface area contributed by atoms with E-state index in [4.69, 9.17) is 0 Å². The quantitative estimate of drug-likeness (QED) is 0.725. The van der Waals surface area contributed by atoms with E-state index in [1.165, 1.54) is 0 Å². The molecule has 0 unspecified atom stereocenters. The van der Waals surface area contributed by atoms with Crippen LogP contribution in [-0.4, -0.2) is 34.7 Å². The van der Waals surface area contributed by atoms with Gasteiger partial charge in [-0.25, -0.2) is 0 Å². The Morgan fingerprint density at radius 3 is 1.76 bits per heavy atom. The van der Waals surface area contributed by atoms with E-state index in [9.17, 15) is 9.59 Å². The van der Waals surface area contributed by atoms with E-state index in [0.717, 1.165) is 11.1 Å². The van der Waals surface area contributed by atoms with E-state index < -0.39 is 0 Å². The van der Waals surface area contributed by atoms with E-state index >= 15 is 0 Å². The van der Waals surface area contributed by atoms with Crippen LogP contribution in [0.25, 0.3) is 0 Å². The highest BCUT2D eigenvalue weighted by molar-refractivity contribution is 5.96. The molecule has 2 amide bonds. The second-order valence-corrected chi connectivity index (χ2v) is 6.51. The van der Waals surface area contributed by atoms with Gasteiger partial charge in [-0.15, -0.1) is 0 Å². The van der Waals surface area contributed by atoms with Crippen molar-refractivity contribution in [1.29, 1.82) is 0 Å². The van der Waals surface area contributed by atoms with Crippen LogP contribution in [0.2, 0.25) is 0 Å². The second-order valence-electron chi connectivity index (χ2n) is 6.51. The molecule has 0 fully saturated rings. The molecule has 0 spiro atoms. The summed E-state index contributed by atoms with van der Waals surface area (Å²) in [5, 5.41) is 0. The SMILES string of the molecule is CC(C)N(Cc1ccccc1)C(=O)CC(=O)N(C)Cc1ccccc1. The number of amides is 2. The molecule has 4 heteroatoms. The minimum atomic E-state index is -0.160. The van der Waals surface area contributed by atoms with Gasteiger partial charge in [-0.3, -0.25) is 9.59 Å². The number of nitrogens with zero attached hydrogens (tertiary/aromatic N) is 2. The number of carbonyl (C=O) groups is 2. The van der Waals surface area contributed by atoms with Crippen LogP contribution < -0.4 is 0 Å². The van der Waals surface area contributed by atoms with Crippen LogP contribution in [0, 0.1) is 0 Å². The molecule has 25 heavy (non-hydrogen) atoms. The summed E-state index contributed by atoms with van der Waals surface area (Å²) < 4.78 is 0. The molecule has 2 aromatic rings. The van der Waals surface area contributed by atoms with E-state index in [1.54, 1.807) is 16.8 Å². The van der Waals surface area contributed by atoms with Crippen LogP contribution in [0.5, 0.6) is 0 Å². The molecule has 0 saturated heterocycles. The average Bonchev–Trinajstić information content (AvgIpc) is 2.61. The summed E-state index contributed by atoms with van der Waals surface area (Å²) in [7, 11) is 1.74. The molecule has 132 valence electrons. The van der Waals surface area contributed by atoms with E-state index in [1.807, 2.05) is 74.5 Å². The highest BCUT2D eigenvalue weighted by atomic mass is 16.2. The van der Waals surface area contributed by atoms with Gasteiger partial charge in [0, 0.05) is 26.2 Å². The van der Waals surface area contributed by atoms with Gasteiger partial charge in [0.25, 0.3) is 0 Å². The number of hydrogen-bond acceptors (Lipinski definition) is 2. The first-order chi connectivity index (χ1) is 12.0. The summed E-state index contributed by atoms with van der Waals surface area (Å²) in [5.41, 5.74) is 2.12. The van der Waals surface area contributed by atoms with Crippen LogP contribution in [0.4, 0.5) is 0 Å². The molecule has 0 aliphatic rings. The van der Waals surface area contributed by atoms with Gasteiger partial charge in [0.05, 0.1) is 0 Å². The van der Waals surface area contributed by atoms with Gasteiger partial charge in [-0.05, 0) is 25.0 Å². The van der Waals surface area contributed by atoms with E-state index in [0.29, 0.717) is 13.1 Å². The fraction of sp³-hybridized carbons (Fsp3) is 0.333. The number of hydrogen-bond donors (Lipinski definition) is 0. The largest absolute Gasteiger partial charge is 0.341 e. The fourth-order valence-electron chi connectivity index (χ4n) is 2.65. The van der Waals surface area contributed by atoms with Crippen molar-refractivity contribution in [3.8, 4) is 0 Å². The third-order valence-electron chi connectivity index (χ3n) is 4.13. The van der Waals surface area contributed by atoms with Gasteiger partial charge in [0.15, 0.2) is 0 Å². The van der Waals surface area contributed by atoms with Crippen molar-refractivity contribution in [3.63, 3.8) is 0 Å². The van der Waals surface area contributed by atoms with Crippen molar-refractivity contribution < 1.29 is 9.59 Å². The van der Waals surface area contributed by atoms with Crippen molar-refractivity contribution in [1.82, 2.24) is 9.80 Å². The molecule has 4 nitrogen and oxygen atoms in total. The average molecular weight is 338 g/mol. The maximum absolute atomic E-state index is 12.6. The molecular formula is C21H26N2O2. The predicted octanol–water partition coefficient (Wildman–Crippen LogP) is 3.47. The number of carbonyl (C=O) groups excluding carboxylic acids is 2. The molecule has 0 saturated carbocycles. The summed E-state index contributed by atoms with van der Waals surface area (Å²) >= 11 is 0. The Morgan fingerprint density at radius 1 is 0.800 bits per heavy atom. The van der Waals surface area contributed by atoms with Gasteiger partial charge in [0.1, 0.15) is 6.42 Å². The zero-order valence-electron chi connectivity index (χ0n) is 15.2. The highest BCUT2D eigenvalue weighted by Crippen LogP contribution is 2.11. The topological polar surface area (TPSA) is 40.6 Å². The lowest BCUT2D eigenvalue weighted by atomic mass is 10.1. The minimum absolute atomic E-state index is 0.0416. The zero-order chi connectivity index (χ0) is 18.2. The smallest absolute Gasteiger partial charge is 0.232 e. The highest BCUT2D eigenvalue weighted by Gasteiger charge is 2.22. The van der Waals surface area contributed by atoms with Crippen molar-refractivity contribution in [2.45, 2.75) is 39.4 Å². The van der Waals surface area contributed by atoms with Crippen LogP contribution in [-0.2, 0) is 22.7 Å². The third-order valence-corrected chi connectivity index (χ3v) is 4.13. The van der Waals surface area contributed by atoms with E-state index in [2.05, 4.69) is 0 Å². The Kier molecular flexibility index (Phi) is 6.75. The van der Waals surface area contributed by atoms with E-state index in [-0.39, 0.29) is 24.3 Å². The van der Waals surface area contributed by atoms with Gasteiger partial charge in [0.2, 0.25) is 11.8 Å². The summed E-state index contributed by atoms with van der Waals surface area (Å²) in [4.78, 5) is 28.4. The lowest BCUT2D eigenvalue weighted by Crippen LogP contribution is -2.39. The molecule has 0 bridgehead atoms.